The lowest BCUT2D eigenvalue weighted by atomic mass is 9.82. The molecular formula is C18H34N2O6. The number of hydroxylamine groups is 1. The minimum absolute atomic E-state index is 0.00230. The molecule has 0 spiro atoms. The molecule has 0 heterocycles. The van der Waals surface area contributed by atoms with E-state index in [0.29, 0.717) is 18.9 Å². The third-order valence-corrected chi connectivity index (χ3v) is 4.84. The maximum atomic E-state index is 12.6. The number of rotatable bonds is 12. The summed E-state index contributed by atoms with van der Waals surface area (Å²) in [7, 11) is 1.49. The van der Waals surface area contributed by atoms with Crippen molar-refractivity contribution >= 4 is 11.8 Å². The van der Waals surface area contributed by atoms with Crippen molar-refractivity contribution in [1.82, 2.24) is 10.8 Å². The zero-order valence-corrected chi connectivity index (χ0v) is 16.2. The normalized spacial score (nSPS) is 22.5. The van der Waals surface area contributed by atoms with Gasteiger partial charge in [0.15, 0.2) is 0 Å². The van der Waals surface area contributed by atoms with E-state index in [4.69, 9.17) is 19.4 Å². The first-order valence-corrected chi connectivity index (χ1v) is 9.40. The zero-order chi connectivity index (χ0) is 19.4. The molecule has 152 valence electrons. The quantitative estimate of drug-likeness (QED) is 0.207. The van der Waals surface area contributed by atoms with E-state index in [1.54, 1.807) is 5.48 Å². The molecule has 3 N–H and O–H groups in total. The van der Waals surface area contributed by atoms with E-state index in [2.05, 4.69) is 12.2 Å². The number of carbonyl (C=O) groups excluding carboxylic acids is 2. The Morgan fingerprint density at radius 3 is 2.42 bits per heavy atom. The first kappa shape index (κ1) is 22.8. The number of hydrogen-bond acceptors (Lipinski definition) is 6. The monoisotopic (exact) mass is 374 g/mol. The van der Waals surface area contributed by atoms with Gasteiger partial charge < -0.3 is 19.5 Å². The fourth-order valence-corrected chi connectivity index (χ4v) is 3.23. The SMILES string of the molecule is CCOCOC[C@H](C[C@H](COC)C(=O)NO)NC(=O)C1CCC(C)CC1. The van der Waals surface area contributed by atoms with E-state index in [1.165, 1.54) is 7.11 Å². The molecule has 2 atom stereocenters. The molecule has 1 aliphatic carbocycles. The van der Waals surface area contributed by atoms with Crippen LogP contribution in [0.25, 0.3) is 0 Å². The first-order valence-electron chi connectivity index (χ1n) is 9.40. The van der Waals surface area contributed by atoms with Gasteiger partial charge in [-0.05, 0) is 44.9 Å². The number of carbonyl (C=O) groups is 2. The Balaban J connectivity index is 2.63. The van der Waals surface area contributed by atoms with E-state index in [0.717, 1.165) is 25.7 Å². The summed E-state index contributed by atoms with van der Waals surface area (Å²) in [5, 5.41) is 11.9. The van der Waals surface area contributed by atoms with Crippen LogP contribution >= 0.6 is 0 Å². The molecule has 0 aromatic rings. The summed E-state index contributed by atoms with van der Waals surface area (Å²) in [4.78, 5) is 24.4. The summed E-state index contributed by atoms with van der Waals surface area (Å²) in [5.74, 6) is -0.445. The van der Waals surface area contributed by atoms with Crippen molar-refractivity contribution in [3.63, 3.8) is 0 Å². The summed E-state index contributed by atoms with van der Waals surface area (Å²) >= 11 is 0. The molecule has 0 unspecified atom stereocenters. The average Bonchev–Trinajstić information content (AvgIpc) is 2.64. The van der Waals surface area contributed by atoms with Gasteiger partial charge in [-0.1, -0.05) is 6.92 Å². The third kappa shape index (κ3) is 8.44. The van der Waals surface area contributed by atoms with E-state index in [1.807, 2.05) is 6.92 Å². The second-order valence-corrected chi connectivity index (χ2v) is 7.01. The molecule has 0 saturated heterocycles. The first-order chi connectivity index (χ1) is 12.5. The summed E-state index contributed by atoms with van der Waals surface area (Å²) in [6, 6.07) is -0.361. The predicted octanol–water partition coefficient (Wildman–Crippen LogP) is 1.47. The summed E-state index contributed by atoms with van der Waals surface area (Å²) in [6.45, 7) is 5.12. The highest BCUT2D eigenvalue weighted by Gasteiger charge is 2.28. The van der Waals surface area contributed by atoms with Crippen LogP contribution in [-0.2, 0) is 23.8 Å². The minimum Gasteiger partial charge on any atom is -0.384 e. The van der Waals surface area contributed by atoms with Gasteiger partial charge in [0, 0.05) is 19.6 Å². The van der Waals surface area contributed by atoms with Crippen LogP contribution in [0.1, 0.15) is 46.0 Å². The largest absolute Gasteiger partial charge is 0.384 e. The van der Waals surface area contributed by atoms with Crippen LogP contribution < -0.4 is 10.8 Å². The lowest BCUT2D eigenvalue weighted by Crippen LogP contribution is -2.45. The van der Waals surface area contributed by atoms with Gasteiger partial charge in [-0.3, -0.25) is 14.8 Å². The lowest BCUT2D eigenvalue weighted by Gasteiger charge is -2.28. The smallest absolute Gasteiger partial charge is 0.248 e. The molecule has 1 rings (SSSR count). The maximum Gasteiger partial charge on any atom is 0.248 e. The van der Waals surface area contributed by atoms with Gasteiger partial charge in [-0.2, -0.15) is 0 Å². The number of amides is 2. The number of methoxy groups -OCH3 is 1. The molecule has 1 aliphatic rings. The molecule has 2 amide bonds. The molecule has 0 aromatic carbocycles. The standard InChI is InChI=1S/C18H34N2O6/c1-4-25-12-26-11-16(9-15(10-24-3)18(22)20-23)19-17(21)14-7-5-13(2)6-8-14/h13-16,23H,4-12H2,1-3H3,(H,19,21)(H,20,22)/t13?,14?,15-,16+/m1/s1. The van der Waals surface area contributed by atoms with Gasteiger partial charge in [0.25, 0.3) is 0 Å². The zero-order valence-electron chi connectivity index (χ0n) is 16.2. The molecular weight excluding hydrogens is 340 g/mol. The second kappa shape index (κ2) is 13.0. The van der Waals surface area contributed by atoms with Crippen molar-refractivity contribution in [2.45, 2.75) is 52.0 Å². The second-order valence-electron chi connectivity index (χ2n) is 7.01. The average molecular weight is 374 g/mol. The van der Waals surface area contributed by atoms with Gasteiger partial charge in [0.1, 0.15) is 6.79 Å². The molecule has 0 radical (unpaired) electrons. The molecule has 8 heteroatoms. The van der Waals surface area contributed by atoms with Crippen LogP contribution in [0.15, 0.2) is 0 Å². The topological polar surface area (TPSA) is 106 Å². The van der Waals surface area contributed by atoms with Crippen molar-refractivity contribution < 1.29 is 29.0 Å². The Labute approximate surface area is 155 Å². The van der Waals surface area contributed by atoms with Crippen LogP contribution in [-0.4, -0.2) is 56.8 Å². The third-order valence-electron chi connectivity index (χ3n) is 4.84. The van der Waals surface area contributed by atoms with Gasteiger partial charge in [0.05, 0.1) is 25.2 Å². The fourth-order valence-electron chi connectivity index (χ4n) is 3.23. The van der Waals surface area contributed by atoms with E-state index < -0.39 is 11.8 Å². The van der Waals surface area contributed by atoms with Gasteiger partial charge in [-0.25, -0.2) is 5.48 Å². The number of nitrogens with one attached hydrogen (secondary N) is 2. The van der Waals surface area contributed by atoms with Crippen LogP contribution in [0.3, 0.4) is 0 Å². The van der Waals surface area contributed by atoms with E-state index in [-0.39, 0.29) is 37.9 Å². The van der Waals surface area contributed by atoms with Crippen LogP contribution in [0, 0.1) is 17.8 Å². The van der Waals surface area contributed by atoms with E-state index >= 15 is 0 Å². The highest BCUT2D eigenvalue weighted by atomic mass is 16.7. The van der Waals surface area contributed by atoms with Gasteiger partial charge >= 0.3 is 0 Å². The Morgan fingerprint density at radius 2 is 1.85 bits per heavy atom. The van der Waals surface area contributed by atoms with E-state index in [9.17, 15) is 9.59 Å². The molecule has 1 fully saturated rings. The Morgan fingerprint density at radius 1 is 1.15 bits per heavy atom. The van der Waals surface area contributed by atoms with Crippen LogP contribution in [0.4, 0.5) is 0 Å². The highest BCUT2D eigenvalue weighted by Crippen LogP contribution is 2.28. The van der Waals surface area contributed by atoms with Gasteiger partial charge in [-0.15, -0.1) is 0 Å². The summed E-state index contributed by atoms with van der Waals surface area (Å²) in [5.41, 5.74) is 1.66. The molecule has 26 heavy (non-hydrogen) atoms. The van der Waals surface area contributed by atoms with Gasteiger partial charge in [0.2, 0.25) is 11.8 Å². The van der Waals surface area contributed by atoms with Crippen LogP contribution in [0.5, 0.6) is 0 Å². The molecule has 8 nitrogen and oxygen atoms in total. The Hall–Kier alpha value is -1.22. The number of hydrogen-bond donors (Lipinski definition) is 3. The number of ether oxygens (including phenoxy) is 3. The predicted molar refractivity (Wildman–Crippen MR) is 95.4 cm³/mol. The molecule has 0 aliphatic heterocycles. The van der Waals surface area contributed by atoms with Crippen molar-refractivity contribution in [1.29, 1.82) is 0 Å². The summed E-state index contributed by atoms with van der Waals surface area (Å²) < 4.78 is 15.7. The molecule has 0 bridgehead atoms. The van der Waals surface area contributed by atoms with Crippen molar-refractivity contribution in [3.8, 4) is 0 Å². The molecule has 1 saturated carbocycles. The highest BCUT2D eigenvalue weighted by molar-refractivity contribution is 5.80. The van der Waals surface area contributed by atoms with Crippen molar-refractivity contribution in [2.24, 2.45) is 17.8 Å². The Kier molecular flexibility index (Phi) is 11.4. The minimum atomic E-state index is -0.586. The maximum absolute atomic E-state index is 12.6. The lowest BCUT2D eigenvalue weighted by molar-refractivity contribution is -0.137. The fraction of sp³-hybridized carbons (Fsp3) is 0.889. The summed E-state index contributed by atoms with van der Waals surface area (Å²) in [6.07, 6.45) is 4.20. The van der Waals surface area contributed by atoms with Crippen molar-refractivity contribution in [3.05, 3.63) is 0 Å². The van der Waals surface area contributed by atoms with Crippen molar-refractivity contribution in [2.75, 3.05) is 33.7 Å². The van der Waals surface area contributed by atoms with Crippen LogP contribution in [0.2, 0.25) is 0 Å². The Bertz CT molecular complexity index is 412. The molecule has 0 aromatic heterocycles.